The monoisotopic (exact) mass is 466 g/mol. The summed E-state index contributed by atoms with van der Waals surface area (Å²) in [6.45, 7) is -1.04. The lowest BCUT2D eigenvalue weighted by molar-refractivity contribution is -0.387. The molecule has 0 aliphatic rings. The van der Waals surface area contributed by atoms with Crippen molar-refractivity contribution in [2.24, 2.45) is 0 Å². The van der Waals surface area contributed by atoms with Crippen molar-refractivity contribution < 1.29 is 49.2 Å². The summed E-state index contributed by atoms with van der Waals surface area (Å²) in [6.07, 6.45) is 0.0677. The second-order valence-corrected chi connectivity index (χ2v) is 6.28. The maximum Gasteiger partial charge on any atom is 0.346 e. The minimum absolute atomic E-state index is 0.0677. The highest BCUT2D eigenvalue weighted by atomic mass is 17.2. The molecule has 2 aromatic carbocycles. The smallest absolute Gasteiger partial charge is 0.346 e. The van der Waals surface area contributed by atoms with Gasteiger partial charge in [-0.25, -0.2) is 24.3 Å². The third-order valence-corrected chi connectivity index (χ3v) is 4.23. The molecule has 14 heteroatoms. The van der Waals surface area contributed by atoms with Gasteiger partial charge in [-0.05, 0) is 11.6 Å². The lowest BCUT2D eigenvalue weighted by Crippen LogP contribution is -2.15. The van der Waals surface area contributed by atoms with Crippen LogP contribution in [0.3, 0.4) is 0 Å². The largest absolute Gasteiger partial charge is 0.478 e. The predicted octanol–water partition coefficient (Wildman–Crippen LogP) is 2.89. The van der Waals surface area contributed by atoms with E-state index in [1.165, 1.54) is 18.2 Å². The number of nitrogens with zero attached hydrogens (tertiary/aromatic N) is 2. The fourth-order valence-corrected chi connectivity index (χ4v) is 2.76. The zero-order valence-electron chi connectivity index (χ0n) is 16.9. The van der Waals surface area contributed by atoms with E-state index in [9.17, 15) is 29.8 Å². The Labute approximate surface area is 185 Å². The van der Waals surface area contributed by atoms with Gasteiger partial charge in [-0.15, -0.1) is 0 Å². The lowest BCUT2D eigenvalue weighted by Gasteiger charge is -2.10. The number of nitro benzene ring substituents is 2. The SMILES string of the molecule is O=C(O)c1cccc([N+](=O)[O-])c1C(=O)OCCCOOCc1c(COO)cccc1[N+](=O)[O-]. The van der Waals surface area contributed by atoms with Crippen molar-refractivity contribution in [1.82, 2.24) is 0 Å². The van der Waals surface area contributed by atoms with Crippen molar-refractivity contribution in [1.29, 1.82) is 0 Å². The van der Waals surface area contributed by atoms with Gasteiger partial charge >= 0.3 is 11.9 Å². The van der Waals surface area contributed by atoms with Crippen molar-refractivity contribution in [2.75, 3.05) is 13.2 Å². The number of hydrogen-bond acceptors (Lipinski definition) is 11. The zero-order valence-corrected chi connectivity index (χ0v) is 16.9. The number of nitro groups is 2. The summed E-state index contributed by atoms with van der Waals surface area (Å²) in [6, 6.07) is 7.32. The fraction of sp³-hybridized carbons (Fsp3) is 0.263. The number of benzene rings is 2. The molecular formula is C19H18N2O12. The van der Waals surface area contributed by atoms with E-state index in [-0.39, 0.29) is 44.1 Å². The lowest BCUT2D eigenvalue weighted by atomic mass is 10.1. The van der Waals surface area contributed by atoms with E-state index in [2.05, 4.69) is 4.89 Å². The van der Waals surface area contributed by atoms with E-state index in [1.807, 2.05) is 0 Å². The normalized spacial score (nSPS) is 10.6. The molecule has 0 unspecified atom stereocenters. The van der Waals surface area contributed by atoms with Gasteiger partial charge in [0, 0.05) is 18.6 Å². The summed E-state index contributed by atoms with van der Waals surface area (Å²) in [5, 5.41) is 40.0. The predicted molar refractivity (Wildman–Crippen MR) is 106 cm³/mol. The van der Waals surface area contributed by atoms with Crippen LogP contribution >= 0.6 is 0 Å². The molecule has 0 radical (unpaired) electrons. The van der Waals surface area contributed by atoms with Crippen LogP contribution in [0.25, 0.3) is 0 Å². The molecule has 2 rings (SSSR count). The summed E-state index contributed by atoms with van der Waals surface area (Å²) in [4.78, 5) is 58.1. The van der Waals surface area contributed by atoms with Gasteiger partial charge in [-0.2, -0.15) is 0 Å². The Bertz CT molecular complexity index is 1010. The molecule has 0 saturated carbocycles. The van der Waals surface area contributed by atoms with Crippen LogP contribution in [0.15, 0.2) is 36.4 Å². The Morgan fingerprint density at radius 3 is 2.21 bits per heavy atom. The second kappa shape index (κ2) is 12.2. The van der Waals surface area contributed by atoms with Gasteiger partial charge in [0.25, 0.3) is 11.4 Å². The van der Waals surface area contributed by atoms with Crippen molar-refractivity contribution >= 4 is 23.3 Å². The van der Waals surface area contributed by atoms with Crippen LogP contribution < -0.4 is 0 Å². The van der Waals surface area contributed by atoms with Crippen LogP contribution in [-0.4, -0.2) is 45.4 Å². The number of aromatic carboxylic acids is 1. The number of carbonyl (C=O) groups is 2. The van der Waals surface area contributed by atoms with Gasteiger partial charge in [0.15, 0.2) is 5.56 Å². The third kappa shape index (κ3) is 6.75. The van der Waals surface area contributed by atoms with Crippen LogP contribution in [-0.2, 0) is 32.6 Å². The molecule has 0 bridgehead atoms. The summed E-state index contributed by atoms with van der Waals surface area (Å²) in [5.41, 5.74) is -1.78. The van der Waals surface area contributed by atoms with Crippen LogP contribution in [0.2, 0.25) is 0 Å². The molecule has 14 nitrogen and oxygen atoms in total. The van der Waals surface area contributed by atoms with Gasteiger partial charge in [-0.1, -0.05) is 18.2 Å². The fourth-order valence-electron chi connectivity index (χ4n) is 2.76. The molecule has 0 aliphatic heterocycles. The standard InChI is InChI=1S/C19H18N2O12/c22-18(23)13-5-2-7-16(21(27)28)17(13)19(24)30-8-3-9-32-33-11-14-12(10-31-29)4-1-6-15(14)20(25)26/h1-2,4-7,29H,3,8-11H2,(H,22,23). The first-order chi connectivity index (χ1) is 15.8. The molecule has 0 aromatic heterocycles. The van der Waals surface area contributed by atoms with E-state index < -0.39 is 38.6 Å². The third-order valence-electron chi connectivity index (χ3n) is 4.23. The minimum atomic E-state index is -1.52. The molecule has 2 aromatic rings. The Balaban J connectivity index is 1.87. The van der Waals surface area contributed by atoms with E-state index in [4.69, 9.17) is 24.9 Å². The van der Waals surface area contributed by atoms with Crippen molar-refractivity contribution in [2.45, 2.75) is 19.6 Å². The highest BCUT2D eigenvalue weighted by Gasteiger charge is 2.28. The summed E-state index contributed by atoms with van der Waals surface area (Å²) in [7, 11) is 0. The highest BCUT2D eigenvalue weighted by molar-refractivity contribution is 6.05. The number of rotatable bonds is 13. The molecule has 0 spiro atoms. The molecule has 0 amide bonds. The maximum atomic E-state index is 12.2. The van der Waals surface area contributed by atoms with Crippen molar-refractivity contribution in [3.8, 4) is 0 Å². The molecule has 0 atom stereocenters. The molecule has 0 saturated heterocycles. The van der Waals surface area contributed by atoms with Crippen LogP contribution in [0.5, 0.6) is 0 Å². The maximum absolute atomic E-state index is 12.2. The first kappa shape index (κ1) is 25.3. The van der Waals surface area contributed by atoms with Crippen LogP contribution in [0, 0.1) is 20.2 Å². The Kier molecular flexibility index (Phi) is 9.31. The average molecular weight is 466 g/mol. The van der Waals surface area contributed by atoms with Crippen LogP contribution in [0.4, 0.5) is 11.4 Å². The van der Waals surface area contributed by atoms with Crippen molar-refractivity contribution in [3.05, 3.63) is 78.9 Å². The van der Waals surface area contributed by atoms with Crippen LogP contribution in [0.1, 0.15) is 38.3 Å². The number of esters is 1. The second-order valence-electron chi connectivity index (χ2n) is 6.28. The quantitative estimate of drug-likeness (QED) is 0.144. The molecule has 0 aliphatic carbocycles. The average Bonchev–Trinajstić information content (AvgIpc) is 2.78. The highest BCUT2D eigenvalue weighted by Crippen LogP contribution is 2.25. The molecular weight excluding hydrogens is 448 g/mol. The summed E-state index contributed by atoms with van der Waals surface area (Å²) >= 11 is 0. The minimum Gasteiger partial charge on any atom is -0.478 e. The topological polar surface area (TPSA) is 198 Å². The number of carboxylic acids is 1. The molecule has 33 heavy (non-hydrogen) atoms. The van der Waals surface area contributed by atoms with Gasteiger partial charge in [0.1, 0.15) is 13.2 Å². The van der Waals surface area contributed by atoms with E-state index in [1.54, 1.807) is 0 Å². The van der Waals surface area contributed by atoms with Gasteiger partial charge in [0.05, 0.1) is 34.2 Å². The summed E-state index contributed by atoms with van der Waals surface area (Å²) in [5.74, 6) is -2.71. The molecule has 0 fully saturated rings. The Morgan fingerprint density at radius 2 is 1.58 bits per heavy atom. The number of ether oxygens (including phenoxy) is 1. The molecule has 176 valence electrons. The van der Waals surface area contributed by atoms with Crippen molar-refractivity contribution in [3.63, 3.8) is 0 Å². The van der Waals surface area contributed by atoms with Gasteiger partial charge in [0.2, 0.25) is 0 Å². The summed E-state index contributed by atoms with van der Waals surface area (Å²) < 4.78 is 4.90. The zero-order chi connectivity index (χ0) is 24.4. The number of hydrogen-bond donors (Lipinski definition) is 2. The molecule has 2 N–H and O–H groups in total. The first-order valence-corrected chi connectivity index (χ1v) is 9.21. The van der Waals surface area contributed by atoms with E-state index >= 15 is 0 Å². The number of carbonyl (C=O) groups excluding carboxylic acids is 1. The Morgan fingerprint density at radius 1 is 0.909 bits per heavy atom. The van der Waals surface area contributed by atoms with E-state index in [0.717, 1.165) is 18.2 Å². The molecule has 0 heterocycles. The first-order valence-electron chi connectivity index (χ1n) is 9.21. The number of carboxylic acid groups (broad SMARTS) is 1. The van der Waals surface area contributed by atoms with Gasteiger partial charge < -0.3 is 9.84 Å². The van der Waals surface area contributed by atoms with Gasteiger partial charge in [-0.3, -0.25) is 25.5 Å². The van der Waals surface area contributed by atoms with E-state index in [0.29, 0.717) is 5.56 Å². The Hall–Kier alpha value is -3.98.